The predicted octanol–water partition coefficient (Wildman–Crippen LogP) is 3.35. The minimum Gasteiger partial charge on any atom is -0.308 e. The molecule has 0 radical (unpaired) electrons. The van der Waals surface area contributed by atoms with Gasteiger partial charge in [-0.2, -0.15) is 0 Å². The standard InChI is InChI=1S/C16H18N2O3S/c1-11-4-9-15(12(2)10-11)18-16(19)17-13-5-7-14(8-6-13)22(3,20)21/h4-10H,1-3H3,(H2,17,18,19). The van der Waals surface area contributed by atoms with Gasteiger partial charge in [0.15, 0.2) is 9.84 Å². The molecule has 0 unspecified atom stereocenters. The molecular weight excluding hydrogens is 300 g/mol. The van der Waals surface area contributed by atoms with Crippen LogP contribution in [0.4, 0.5) is 16.2 Å². The van der Waals surface area contributed by atoms with Crippen LogP contribution in [-0.2, 0) is 9.84 Å². The Bertz CT molecular complexity index is 797. The number of carbonyl (C=O) groups excluding carboxylic acids is 1. The zero-order valence-electron chi connectivity index (χ0n) is 12.7. The van der Waals surface area contributed by atoms with Gasteiger partial charge in [0, 0.05) is 17.6 Å². The van der Waals surface area contributed by atoms with E-state index in [1.54, 1.807) is 12.1 Å². The smallest absolute Gasteiger partial charge is 0.308 e. The first-order valence-corrected chi connectivity index (χ1v) is 8.60. The second-order valence-electron chi connectivity index (χ2n) is 5.19. The Hall–Kier alpha value is -2.34. The van der Waals surface area contributed by atoms with Crippen molar-refractivity contribution in [2.75, 3.05) is 16.9 Å². The number of urea groups is 1. The lowest BCUT2D eigenvalue weighted by atomic mass is 10.1. The van der Waals surface area contributed by atoms with E-state index in [0.29, 0.717) is 5.69 Å². The summed E-state index contributed by atoms with van der Waals surface area (Å²) in [6.45, 7) is 3.91. The SMILES string of the molecule is Cc1ccc(NC(=O)Nc2ccc(S(C)(=O)=O)cc2)c(C)c1. The molecule has 2 N–H and O–H groups in total. The number of benzene rings is 2. The number of anilines is 2. The van der Waals surface area contributed by atoms with E-state index in [0.717, 1.165) is 23.1 Å². The van der Waals surface area contributed by atoms with Crippen LogP contribution in [0, 0.1) is 13.8 Å². The highest BCUT2D eigenvalue weighted by atomic mass is 32.2. The molecule has 0 aliphatic rings. The maximum Gasteiger partial charge on any atom is 0.323 e. The van der Waals surface area contributed by atoms with Crippen LogP contribution in [0.2, 0.25) is 0 Å². The van der Waals surface area contributed by atoms with Crippen LogP contribution >= 0.6 is 0 Å². The van der Waals surface area contributed by atoms with Gasteiger partial charge in [0.05, 0.1) is 4.90 Å². The highest BCUT2D eigenvalue weighted by Crippen LogP contribution is 2.17. The molecule has 0 aliphatic carbocycles. The molecular formula is C16H18N2O3S. The Balaban J connectivity index is 2.06. The molecule has 2 amide bonds. The Morgan fingerprint density at radius 3 is 2.14 bits per heavy atom. The van der Waals surface area contributed by atoms with E-state index in [2.05, 4.69) is 10.6 Å². The third-order valence-electron chi connectivity index (χ3n) is 3.17. The lowest BCUT2D eigenvalue weighted by Gasteiger charge is -2.10. The first-order valence-electron chi connectivity index (χ1n) is 6.71. The van der Waals surface area contributed by atoms with Crippen molar-refractivity contribution in [3.05, 3.63) is 53.6 Å². The zero-order chi connectivity index (χ0) is 16.3. The first-order chi connectivity index (χ1) is 10.3. The molecule has 6 heteroatoms. The third-order valence-corrected chi connectivity index (χ3v) is 4.30. The molecule has 22 heavy (non-hydrogen) atoms. The number of aryl methyl sites for hydroxylation is 2. The van der Waals surface area contributed by atoms with E-state index in [1.807, 2.05) is 32.0 Å². The van der Waals surface area contributed by atoms with Crippen molar-refractivity contribution in [3.63, 3.8) is 0 Å². The minimum atomic E-state index is -3.23. The average molecular weight is 318 g/mol. The fraction of sp³-hybridized carbons (Fsp3) is 0.188. The average Bonchev–Trinajstić information content (AvgIpc) is 2.41. The van der Waals surface area contributed by atoms with Crippen molar-refractivity contribution >= 4 is 27.2 Å². The number of hydrogen-bond donors (Lipinski definition) is 2. The summed E-state index contributed by atoms with van der Waals surface area (Å²) >= 11 is 0. The summed E-state index contributed by atoms with van der Waals surface area (Å²) in [5.41, 5.74) is 3.35. The van der Waals surface area contributed by atoms with Crippen molar-refractivity contribution < 1.29 is 13.2 Å². The quantitative estimate of drug-likeness (QED) is 0.911. The zero-order valence-corrected chi connectivity index (χ0v) is 13.5. The van der Waals surface area contributed by atoms with Crippen LogP contribution in [-0.4, -0.2) is 20.7 Å². The number of nitrogens with one attached hydrogen (secondary N) is 2. The molecule has 0 bridgehead atoms. The molecule has 0 saturated heterocycles. The van der Waals surface area contributed by atoms with Gasteiger partial charge >= 0.3 is 6.03 Å². The van der Waals surface area contributed by atoms with Gasteiger partial charge in [-0.3, -0.25) is 0 Å². The molecule has 0 spiro atoms. The minimum absolute atomic E-state index is 0.216. The molecule has 116 valence electrons. The van der Waals surface area contributed by atoms with E-state index >= 15 is 0 Å². The van der Waals surface area contributed by atoms with Gasteiger partial charge in [0.25, 0.3) is 0 Å². The molecule has 2 rings (SSSR count). The lowest BCUT2D eigenvalue weighted by molar-refractivity contribution is 0.262. The summed E-state index contributed by atoms with van der Waals surface area (Å²) in [6.07, 6.45) is 1.14. The summed E-state index contributed by atoms with van der Waals surface area (Å²) in [6, 6.07) is 11.4. The number of rotatable bonds is 3. The molecule has 0 saturated carbocycles. The van der Waals surface area contributed by atoms with Gasteiger partial charge in [-0.25, -0.2) is 13.2 Å². The van der Waals surface area contributed by atoms with Crippen molar-refractivity contribution in [1.29, 1.82) is 0 Å². The van der Waals surface area contributed by atoms with Gasteiger partial charge in [-0.15, -0.1) is 0 Å². The monoisotopic (exact) mass is 318 g/mol. The van der Waals surface area contributed by atoms with Gasteiger partial charge < -0.3 is 10.6 Å². The summed E-state index contributed by atoms with van der Waals surface area (Å²) < 4.78 is 22.7. The highest BCUT2D eigenvalue weighted by Gasteiger charge is 2.08. The van der Waals surface area contributed by atoms with Crippen LogP contribution < -0.4 is 10.6 Å². The topological polar surface area (TPSA) is 75.3 Å². The number of carbonyl (C=O) groups is 1. The van der Waals surface area contributed by atoms with Crippen molar-refractivity contribution in [2.24, 2.45) is 0 Å². The van der Waals surface area contributed by atoms with Crippen LogP contribution in [0.5, 0.6) is 0 Å². The Morgan fingerprint density at radius 2 is 1.59 bits per heavy atom. The fourth-order valence-corrected chi connectivity index (χ4v) is 2.65. The number of sulfone groups is 1. The van der Waals surface area contributed by atoms with Crippen molar-refractivity contribution in [2.45, 2.75) is 18.7 Å². The Labute approximate surface area is 130 Å². The molecule has 2 aromatic carbocycles. The second-order valence-corrected chi connectivity index (χ2v) is 7.21. The van der Waals surface area contributed by atoms with E-state index in [4.69, 9.17) is 0 Å². The van der Waals surface area contributed by atoms with Crippen molar-refractivity contribution in [1.82, 2.24) is 0 Å². The Kier molecular flexibility index (Phi) is 4.51. The van der Waals surface area contributed by atoms with Gasteiger partial charge in [-0.1, -0.05) is 17.7 Å². The Morgan fingerprint density at radius 1 is 0.955 bits per heavy atom. The molecule has 0 aliphatic heterocycles. The first kappa shape index (κ1) is 16.0. The van der Waals surface area contributed by atoms with Gasteiger partial charge in [0.2, 0.25) is 0 Å². The van der Waals surface area contributed by atoms with Gasteiger partial charge in [-0.05, 0) is 49.7 Å². The normalized spacial score (nSPS) is 11.0. The largest absolute Gasteiger partial charge is 0.323 e. The highest BCUT2D eigenvalue weighted by molar-refractivity contribution is 7.90. The molecule has 0 heterocycles. The predicted molar refractivity (Wildman–Crippen MR) is 88.1 cm³/mol. The molecule has 0 aromatic heterocycles. The molecule has 5 nitrogen and oxygen atoms in total. The molecule has 2 aromatic rings. The maximum absolute atomic E-state index is 12.0. The molecule has 0 atom stereocenters. The van der Waals surface area contributed by atoms with Crippen LogP contribution in [0.1, 0.15) is 11.1 Å². The summed E-state index contributed by atoms with van der Waals surface area (Å²) in [7, 11) is -3.23. The summed E-state index contributed by atoms with van der Waals surface area (Å²) in [5.74, 6) is 0. The summed E-state index contributed by atoms with van der Waals surface area (Å²) in [5, 5.41) is 5.43. The van der Waals surface area contributed by atoms with E-state index in [-0.39, 0.29) is 10.9 Å². The number of hydrogen-bond acceptors (Lipinski definition) is 3. The maximum atomic E-state index is 12.0. The van der Waals surface area contributed by atoms with Crippen LogP contribution in [0.25, 0.3) is 0 Å². The van der Waals surface area contributed by atoms with Crippen molar-refractivity contribution in [3.8, 4) is 0 Å². The van der Waals surface area contributed by atoms with Crippen LogP contribution in [0.3, 0.4) is 0 Å². The number of amides is 2. The third kappa shape index (κ3) is 4.08. The fourth-order valence-electron chi connectivity index (χ4n) is 2.02. The second kappa shape index (κ2) is 6.19. The molecule has 0 fully saturated rings. The van der Waals surface area contributed by atoms with E-state index < -0.39 is 9.84 Å². The van der Waals surface area contributed by atoms with Gasteiger partial charge in [0.1, 0.15) is 0 Å². The lowest BCUT2D eigenvalue weighted by Crippen LogP contribution is -2.20. The summed E-state index contributed by atoms with van der Waals surface area (Å²) in [4.78, 5) is 12.2. The van der Waals surface area contributed by atoms with Crippen LogP contribution in [0.15, 0.2) is 47.4 Å². The van der Waals surface area contributed by atoms with E-state index in [9.17, 15) is 13.2 Å². The van der Waals surface area contributed by atoms with E-state index in [1.165, 1.54) is 12.1 Å².